The van der Waals surface area contributed by atoms with Gasteiger partial charge in [-0.05, 0) is 31.5 Å². The van der Waals surface area contributed by atoms with E-state index in [0.29, 0.717) is 12.2 Å². The van der Waals surface area contributed by atoms with Gasteiger partial charge in [-0.3, -0.25) is 0 Å². The van der Waals surface area contributed by atoms with E-state index in [0.717, 1.165) is 6.07 Å². The first kappa shape index (κ1) is 16.0. The molecule has 1 unspecified atom stereocenters. The average Bonchev–Trinajstić information content (AvgIpc) is 2.35. The molecule has 0 heterocycles. The molecule has 0 amide bonds. The zero-order valence-corrected chi connectivity index (χ0v) is 11.8. The number of hydrogen-bond donors (Lipinski definition) is 2. The van der Waals surface area contributed by atoms with E-state index in [1.54, 1.807) is 6.92 Å². The SMILES string of the molecule is CCOCC(C)NS(=O)(=O)c1ccc(CN)cc1F. The number of sulfonamides is 1. The van der Waals surface area contributed by atoms with Gasteiger partial charge in [-0.25, -0.2) is 17.5 Å². The van der Waals surface area contributed by atoms with Crippen LogP contribution >= 0.6 is 0 Å². The number of nitrogens with two attached hydrogens (primary N) is 1. The van der Waals surface area contributed by atoms with Gasteiger partial charge in [0.15, 0.2) is 0 Å². The molecule has 1 rings (SSSR count). The highest BCUT2D eigenvalue weighted by atomic mass is 32.2. The van der Waals surface area contributed by atoms with E-state index in [-0.39, 0.29) is 18.0 Å². The molecule has 1 aromatic carbocycles. The van der Waals surface area contributed by atoms with Gasteiger partial charge in [0.2, 0.25) is 10.0 Å². The topological polar surface area (TPSA) is 81.4 Å². The van der Waals surface area contributed by atoms with Gasteiger partial charge in [0, 0.05) is 19.2 Å². The summed E-state index contributed by atoms with van der Waals surface area (Å²) in [5, 5.41) is 0. The quantitative estimate of drug-likeness (QED) is 0.784. The maximum Gasteiger partial charge on any atom is 0.243 e. The molecule has 0 aromatic heterocycles. The molecule has 0 aliphatic heterocycles. The Morgan fingerprint density at radius 2 is 2.16 bits per heavy atom. The van der Waals surface area contributed by atoms with Gasteiger partial charge in [0.1, 0.15) is 10.7 Å². The molecule has 108 valence electrons. The van der Waals surface area contributed by atoms with Crippen LogP contribution in [0.25, 0.3) is 0 Å². The monoisotopic (exact) mass is 290 g/mol. The van der Waals surface area contributed by atoms with Crippen molar-refractivity contribution in [1.82, 2.24) is 4.72 Å². The van der Waals surface area contributed by atoms with E-state index >= 15 is 0 Å². The van der Waals surface area contributed by atoms with Gasteiger partial charge < -0.3 is 10.5 Å². The van der Waals surface area contributed by atoms with Crippen LogP contribution in [0.15, 0.2) is 23.1 Å². The van der Waals surface area contributed by atoms with Crippen molar-refractivity contribution in [1.29, 1.82) is 0 Å². The lowest BCUT2D eigenvalue weighted by atomic mass is 10.2. The average molecular weight is 290 g/mol. The van der Waals surface area contributed by atoms with Gasteiger partial charge in [-0.15, -0.1) is 0 Å². The Balaban J connectivity index is 2.88. The van der Waals surface area contributed by atoms with Crippen molar-refractivity contribution in [3.8, 4) is 0 Å². The zero-order chi connectivity index (χ0) is 14.5. The van der Waals surface area contributed by atoms with Crippen molar-refractivity contribution in [3.05, 3.63) is 29.6 Å². The summed E-state index contributed by atoms with van der Waals surface area (Å²) in [6.07, 6.45) is 0. The van der Waals surface area contributed by atoms with Gasteiger partial charge >= 0.3 is 0 Å². The van der Waals surface area contributed by atoms with Crippen LogP contribution in [0.3, 0.4) is 0 Å². The molecule has 0 aliphatic rings. The smallest absolute Gasteiger partial charge is 0.243 e. The highest BCUT2D eigenvalue weighted by molar-refractivity contribution is 7.89. The summed E-state index contributed by atoms with van der Waals surface area (Å²) in [5.74, 6) is -0.806. The predicted molar refractivity (Wildman–Crippen MR) is 70.6 cm³/mol. The Morgan fingerprint density at radius 3 is 2.68 bits per heavy atom. The molecule has 7 heteroatoms. The highest BCUT2D eigenvalue weighted by Gasteiger charge is 2.21. The molecular formula is C12H19FN2O3S. The number of hydrogen-bond acceptors (Lipinski definition) is 4. The Bertz CT molecular complexity index is 520. The third-order valence-electron chi connectivity index (χ3n) is 2.45. The second-order valence-electron chi connectivity index (χ2n) is 4.15. The first-order chi connectivity index (χ1) is 8.90. The summed E-state index contributed by atoms with van der Waals surface area (Å²) in [6.45, 7) is 4.35. The van der Waals surface area contributed by atoms with E-state index in [2.05, 4.69) is 4.72 Å². The maximum absolute atomic E-state index is 13.7. The fourth-order valence-electron chi connectivity index (χ4n) is 1.55. The van der Waals surface area contributed by atoms with Crippen molar-refractivity contribution in [3.63, 3.8) is 0 Å². The Kier molecular flexibility index (Phi) is 5.86. The van der Waals surface area contributed by atoms with Gasteiger partial charge in [-0.1, -0.05) is 6.07 Å². The van der Waals surface area contributed by atoms with Gasteiger partial charge in [0.05, 0.1) is 6.61 Å². The molecule has 0 fully saturated rings. The minimum absolute atomic E-state index is 0.158. The molecule has 0 radical (unpaired) electrons. The molecule has 1 aromatic rings. The summed E-state index contributed by atoms with van der Waals surface area (Å²) in [5.41, 5.74) is 5.91. The number of ether oxygens (including phenoxy) is 1. The van der Waals surface area contributed by atoms with Crippen LogP contribution in [-0.4, -0.2) is 27.7 Å². The third-order valence-corrected chi connectivity index (χ3v) is 4.07. The van der Waals surface area contributed by atoms with Crippen molar-refractivity contribution in [2.24, 2.45) is 5.73 Å². The van der Waals surface area contributed by atoms with Crippen LogP contribution in [0.4, 0.5) is 4.39 Å². The summed E-state index contributed by atoms with van der Waals surface area (Å²) < 4.78 is 45.2. The molecular weight excluding hydrogens is 271 g/mol. The maximum atomic E-state index is 13.7. The summed E-state index contributed by atoms with van der Waals surface area (Å²) in [7, 11) is -3.89. The lowest BCUT2D eigenvalue weighted by Gasteiger charge is -2.14. The van der Waals surface area contributed by atoms with Crippen LogP contribution in [0.2, 0.25) is 0 Å². The fourth-order valence-corrected chi connectivity index (χ4v) is 2.83. The number of nitrogens with one attached hydrogen (secondary N) is 1. The minimum atomic E-state index is -3.89. The third kappa shape index (κ3) is 4.54. The van der Waals surface area contributed by atoms with Crippen molar-refractivity contribution in [2.75, 3.05) is 13.2 Å². The molecule has 0 saturated heterocycles. The summed E-state index contributed by atoms with van der Waals surface area (Å²) in [4.78, 5) is -0.381. The highest BCUT2D eigenvalue weighted by Crippen LogP contribution is 2.16. The second-order valence-corrected chi connectivity index (χ2v) is 5.83. The molecule has 0 spiro atoms. The lowest BCUT2D eigenvalue weighted by molar-refractivity contribution is 0.133. The first-order valence-corrected chi connectivity index (χ1v) is 7.47. The molecule has 3 N–H and O–H groups in total. The van der Waals surface area contributed by atoms with E-state index in [1.165, 1.54) is 12.1 Å². The van der Waals surface area contributed by atoms with E-state index < -0.39 is 21.9 Å². The first-order valence-electron chi connectivity index (χ1n) is 5.99. The zero-order valence-electron chi connectivity index (χ0n) is 11.0. The number of rotatable bonds is 7. The molecule has 0 bridgehead atoms. The standard InChI is InChI=1S/C12H19FN2O3S/c1-3-18-8-9(2)15-19(16,17)12-5-4-10(7-14)6-11(12)13/h4-6,9,15H,3,7-8,14H2,1-2H3. The van der Waals surface area contributed by atoms with Crippen molar-refractivity contribution in [2.45, 2.75) is 31.3 Å². The number of halogens is 1. The van der Waals surface area contributed by atoms with E-state index in [4.69, 9.17) is 10.5 Å². The molecule has 19 heavy (non-hydrogen) atoms. The lowest BCUT2D eigenvalue weighted by Crippen LogP contribution is -2.36. The van der Waals surface area contributed by atoms with Crippen LogP contribution in [0.5, 0.6) is 0 Å². The molecule has 0 saturated carbocycles. The summed E-state index contributed by atoms with van der Waals surface area (Å²) >= 11 is 0. The van der Waals surface area contributed by atoms with Crippen LogP contribution < -0.4 is 10.5 Å². The van der Waals surface area contributed by atoms with Gasteiger partial charge in [-0.2, -0.15) is 0 Å². The largest absolute Gasteiger partial charge is 0.380 e. The molecule has 1 atom stereocenters. The predicted octanol–water partition coefficient (Wildman–Crippen LogP) is 0.988. The normalized spacial score (nSPS) is 13.5. The van der Waals surface area contributed by atoms with Gasteiger partial charge in [0.25, 0.3) is 0 Å². The molecule has 0 aliphatic carbocycles. The van der Waals surface area contributed by atoms with Crippen LogP contribution in [0, 0.1) is 5.82 Å². The number of benzene rings is 1. The summed E-state index contributed by atoms with van der Waals surface area (Å²) in [6, 6.07) is 3.40. The van der Waals surface area contributed by atoms with E-state index in [1.807, 2.05) is 6.92 Å². The Labute approximate surface area is 113 Å². The Hall–Kier alpha value is -1.02. The van der Waals surface area contributed by atoms with E-state index in [9.17, 15) is 12.8 Å². The second kappa shape index (κ2) is 6.95. The van der Waals surface area contributed by atoms with Crippen molar-refractivity contribution >= 4 is 10.0 Å². The van der Waals surface area contributed by atoms with Crippen molar-refractivity contribution < 1.29 is 17.5 Å². The van der Waals surface area contributed by atoms with Crippen LogP contribution in [0.1, 0.15) is 19.4 Å². The van der Waals surface area contributed by atoms with Crippen LogP contribution in [-0.2, 0) is 21.3 Å². The minimum Gasteiger partial charge on any atom is -0.380 e. The fraction of sp³-hybridized carbons (Fsp3) is 0.500. The molecule has 5 nitrogen and oxygen atoms in total. The Morgan fingerprint density at radius 1 is 1.47 bits per heavy atom.